The van der Waals surface area contributed by atoms with E-state index in [0.717, 1.165) is 4.90 Å². The van der Waals surface area contributed by atoms with E-state index in [1.54, 1.807) is 6.07 Å². The lowest BCUT2D eigenvalue weighted by Crippen LogP contribution is -2.34. The summed E-state index contributed by atoms with van der Waals surface area (Å²) in [5.74, 6) is -1.30. The molecule has 2 aliphatic rings. The van der Waals surface area contributed by atoms with E-state index in [4.69, 9.17) is 11.6 Å². The zero-order chi connectivity index (χ0) is 15.3. The number of halogens is 3. The van der Waals surface area contributed by atoms with Gasteiger partial charge in [-0.1, -0.05) is 43.5 Å². The highest BCUT2D eigenvalue weighted by Gasteiger charge is 2.52. The maximum absolute atomic E-state index is 12.6. The first-order valence-electron chi connectivity index (χ1n) is 6.54. The summed E-state index contributed by atoms with van der Waals surface area (Å²) in [7, 11) is 0. The Bertz CT molecular complexity index is 596. The summed E-state index contributed by atoms with van der Waals surface area (Å²) in [4.78, 5) is 26.6. The number of nitrogens with zero attached hydrogens (tertiary/aromatic N) is 1. The van der Waals surface area contributed by atoms with Crippen LogP contribution in [0.3, 0.4) is 0 Å². The van der Waals surface area contributed by atoms with Crippen LogP contribution in [0.25, 0.3) is 0 Å². The quantitative estimate of drug-likeness (QED) is 0.541. The Morgan fingerprint density at radius 2 is 1.62 bits per heavy atom. The molecule has 1 N–H and O–H groups in total. The number of aromatic hydroxyl groups is 1. The van der Waals surface area contributed by atoms with Gasteiger partial charge in [0, 0.05) is 20.7 Å². The zero-order valence-corrected chi connectivity index (χ0v) is 14.7. The number of phenols is 1. The fourth-order valence-corrected chi connectivity index (χ4v) is 4.42. The number of imide groups is 1. The number of anilines is 1. The first-order chi connectivity index (χ1) is 9.90. The molecule has 1 saturated heterocycles. The average molecular weight is 438 g/mol. The largest absolute Gasteiger partial charge is 0.506 e. The summed E-state index contributed by atoms with van der Waals surface area (Å²) >= 11 is 12.9. The summed E-state index contributed by atoms with van der Waals surface area (Å²) in [5.41, 5.74) is 0.209. The van der Waals surface area contributed by atoms with Crippen molar-refractivity contribution < 1.29 is 14.7 Å². The van der Waals surface area contributed by atoms with Crippen molar-refractivity contribution in [3.63, 3.8) is 0 Å². The first-order valence-corrected chi connectivity index (χ1v) is 8.75. The van der Waals surface area contributed by atoms with Gasteiger partial charge in [0.15, 0.2) is 0 Å². The number of hydrogen-bond acceptors (Lipinski definition) is 3. The lowest BCUT2D eigenvalue weighted by molar-refractivity contribution is -0.122. The number of phenolic OH excluding ortho intramolecular Hbond substituents is 1. The molecule has 2 fully saturated rings. The van der Waals surface area contributed by atoms with Crippen molar-refractivity contribution in [2.75, 3.05) is 4.90 Å². The molecule has 4 atom stereocenters. The molecule has 1 aromatic carbocycles. The molecule has 0 unspecified atom stereocenters. The smallest absolute Gasteiger partial charge is 0.237 e. The minimum Gasteiger partial charge on any atom is -0.506 e. The van der Waals surface area contributed by atoms with Crippen LogP contribution in [0.1, 0.15) is 12.8 Å². The normalized spacial score (nSPS) is 32.4. The fourth-order valence-electron chi connectivity index (χ4n) is 3.02. The third-order valence-corrected chi connectivity index (χ3v) is 7.06. The highest BCUT2D eigenvalue weighted by Crippen LogP contribution is 2.45. The van der Waals surface area contributed by atoms with Crippen LogP contribution in [0.2, 0.25) is 5.02 Å². The Hall–Kier alpha value is -0.590. The second-order valence-corrected chi connectivity index (χ2v) is 8.15. The molecule has 1 heterocycles. The zero-order valence-electron chi connectivity index (χ0n) is 10.8. The molecule has 1 aliphatic heterocycles. The van der Waals surface area contributed by atoms with Gasteiger partial charge in [-0.2, -0.15) is 0 Å². The van der Waals surface area contributed by atoms with Crippen LogP contribution in [0.4, 0.5) is 5.69 Å². The monoisotopic (exact) mass is 435 g/mol. The van der Waals surface area contributed by atoms with Gasteiger partial charge in [0.2, 0.25) is 11.8 Å². The van der Waals surface area contributed by atoms with Crippen LogP contribution in [-0.2, 0) is 9.59 Å². The second-order valence-electron chi connectivity index (χ2n) is 5.36. The van der Waals surface area contributed by atoms with Crippen molar-refractivity contribution in [3.8, 4) is 5.75 Å². The molecule has 0 spiro atoms. The van der Waals surface area contributed by atoms with Crippen molar-refractivity contribution in [1.82, 2.24) is 0 Å². The molecule has 4 nitrogen and oxygen atoms in total. The Labute approximate surface area is 143 Å². The molecular formula is C14H12Br2ClNO3. The third kappa shape index (κ3) is 2.51. The number of fused-ring (bicyclic) bond motifs is 1. The van der Waals surface area contributed by atoms with Crippen LogP contribution in [-0.4, -0.2) is 26.6 Å². The van der Waals surface area contributed by atoms with Gasteiger partial charge in [0.05, 0.1) is 17.5 Å². The van der Waals surface area contributed by atoms with Crippen LogP contribution in [0.15, 0.2) is 18.2 Å². The number of rotatable bonds is 1. The van der Waals surface area contributed by atoms with E-state index in [1.807, 2.05) is 0 Å². The number of carbonyl (C=O) groups excluding carboxylic acids is 2. The summed E-state index contributed by atoms with van der Waals surface area (Å²) < 4.78 is 0. The van der Waals surface area contributed by atoms with E-state index in [2.05, 4.69) is 31.9 Å². The minimum absolute atomic E-state index is 0.159. The van der Waals surface area contributed by atoms with Gasteiger partial charge in [0.1, 0.15) is 5.75 Å². The minimum atomic E-state index is -0.328. The lowest BCUT2D eigenvalue weighted by Gasteiger charge is -2.29. The maximum Gasteiger partial charge on any atom is 0.237 e. The van der Waals surface area contributed by atoms with Crippen LogP contribution < -0.4 is 4.90 Å². The predicted molar refractivity (Wildman–Crippen MR) is 87.3 cm³/mol. The van der Waals surface area contributed by atoms with Gasteiger partial charge in [-0.25, -0.2) is 4.90 Å². The van der Waals surface area contributed by atoms with Gasteiger partial charge in [-0.05, 0) is 25.0 Å². The molecule has 0 radical (unpaired) electrons. The maximum atomic E-state index is 12.6. The van der Waals surface area contributed by atoms with Gasteiger partial charge in [0.25, 0.3) is 0 Å². The van der Waals surface area contributed by atoms with Crippen molar-refractivity contribution >= 4 is 61.0 Å². The highest BCUT2D eigenvalue weighted by molar-refractivity contribution is 9.12. The summed E-state index contributed by atoms with van der Waals surface area (Å²) in [6, 6.07) is 4.39. The van der Waals surface area contributed by atoms with E-state index in [9.17, 15) is 14.7 Å². The van der Waals surface area contributed by atoms with Crippen LogP contribution >= 0.6 is 43.5 Å². The standard InChI is InChI=1S/C14H12Br2ClNO3/c15-9-4-7-8(5-10(9)16)14(21)18(13(7)20)11-2-1-6(17)3-12(11)19/h1-3,7-10,19H,4-5H2/t7-,8-,9+,10+/m0/s1. The summed E-state index contributed by atoms with van der Waals surface area (Å²) in [6.07, 6.45) is 1.21. The Balaban J connectivity index is 1.97. The molecule has 0 aromatic heterocycles. The molecule has 112 valence electrons. The molecule has 7 heteroatoms. The Kier molecular flexibility index (Phi) is 4.05. The number of hydrogen-bond donors (Lipinski definition) is 1. The molecule has 1 saturated carbocycles. The molecule has 0 bridgehead atoms. The van der Waals surface area contributed by atoms with E-state index in [1.165, 1.54) is 12.1 Å². The van der Waals surface area contributed by atoms with E-state index >= 15 is 0 Å². The number of benzene rings is 1. The van der Waals surface area contributed by atoms with Crippen LogP contribution in [0, 0.1) is 11.8 Å². The van der Waals surface area contributed by atoms with Crippen molar-refractivity contribution in [2.45, 2.75) is 22.5 Å². The molecule has 1 aromatic rings. The molecule has 3 rings (SSSR count). The predicted octanol–water partition coefficient (Wildman–Crippen LogP) is 3.47. The fraction of sp³-hybridized carbons (Fsp3) is 0.429. The molecule has 21 heavy (non-hydrogen) atoms. The van der Waals surface area contributed by atoms with Gasteiger partial charge >= 0.3 is 0 Å². The summed E-state index contributed by atoms with van der Waals surface area (Å²) in [5, 5.41) is 10.3. The Morgan fingerprint density at radius 3 is 2.10 bits per heavy atom. The average Bonchev–Trinajstić information content (AvgIpc) is 2.64. The number of carbonyl (C=O) groups is 2. The number of amides is 2. The number of alkyl halides is 2. The first kappa shape index (κ1) is 15.3. The highest BCUT2D eigenvalue weighted by atomic mass is 79.9. The van der Waals surface area contributed by atoms with Crippen LogP contribution in [0.5, 0.6) is 5.75 Å². The topological polar surface area (TPSA) is 57.6 Å². The van der Waals surface area contributed by atoms with Crippen molar-refractivity contribution in [2.24, 2.45) is 11.8 Å². The van der Waals surface area contributed by atoms with E-state index in [-0.39, 0.29) is 44.7 Å². The molecular weight excluding hydrogens is 425 g/mol. The van der Waals surface area contributed by atoms with Gasteiger partial charge in [-0.3, -0.25) is 9.59 Å². The van der Waals surface area contributed by atoms with E-state index < -0.39 is 0 Å². The SMILES string of the molecule is O=C1[C@H]2C[C@@H](Br)[C@H](Br)C[C@@H]2C(=O)N1c1ccc(Cl)cc1O. The molecule has 1 aliphatic carbocycles. The lowest BCUT2D eigenvalue weighted by atomic mass is 9.81. The van der Waals surface area contributed by atoms with Gasteiger partial charge < -0.3 is 5.11 Å². The van der Waals surface area contributed by atoms with Crippen molar-refractivity contribution in [1.29, 1.82) is 0 Å². The third-order valence-electron chi connectivity index (χ3n) is 4.09. The van der Waals surface area contributed by atoms with Crippen molar-refractivity contribution in [3.05, 3.63) is 23.2 Å². The van der Waals surface area contributed by atoms with Gasteiger partial charge in [-0.15, -0.1) is 0 Å². The molecule has 2 amide bonds. The second kappa shape index (κ2) is 5.56. The Morgan fingerprint density at radius 1 is 1.10 bits per heavy atom. The summed E-state index contributed by atoms with van der Waals surface area (Å²) in [6.45, 7) is 0. The van der Waals surface area contributed by atoms with E-state index in [0.29, 0.717) is 17.9 Å².